The predicted octanol–water partition coefficient (Wildman–Crippen LogP) is 3.40. The molecule has 1 aromatic heterocycles. The molecule has 1 aromatic carbocycles. The molecule has 2 nitrogen and oxygen atoms in total. The standard InChI is InChI=1S/C11H11ClF2N2/c12-6-2-1-3-9-15-8-5-4-7(13)10(14)11(8)16-9/h4-5H,1-3,6H2,(H,15,16). The number of halogens is 3. The van der Waals surface area contributed by atoms with Crippen molar-refractivity contribution >= 4 is 22.6 Å². The van der Waals surface area contributed by atoms with Crippen molar-refractivity contribution in [1.29, 1.82) is 0 Å². The Labute approximate surface area is 96.6 Å². The molecule has 0 saturated heterocycles. The lowest BCUT2D eigenvalue weighted by Gasteiger charge is -1.92. The van der Waals surface area contributed by atoms with Crippen LogP contribution in [0.25, 0.3) is 11.0 Å². The fourth-order valence-electron chi connectivity index (χ4n) is 1.57. The smallest absolute Gasteiger partial charge is 0.186 e. The average molecular weight is 245 g/mol. The van der Waals surface area contributed by atoms with Gasteiger partial charge in [-0.1, -0.05) is 0 Å². The Hall–Kier alpha value is -1.16. The first kappa shape index (κ1) is 11.3. The third-order valence-electron chi connectivity index (χ3n) is 2.39. The topological polar surface area (TPSA) is 28.7 Å². The van der Waals surface area contributed by atoms with Crippen molar-refractivity contribution in [3.63, 3.8) is 0 Å². The number of hydrogen-bond acceptors (Lipinski definition) is 1. The first-order valence-electron chi connectivity index (χ1n) is 5.11. The molecule has 0 aliphatic carbocycles. The van der Waals surface area contributed by atoms with E-state index in [4.69, 9.17) is 11.6 Å². The molecule has 0 aliphatic heterocycles. The number of nitrogens with one attached hydrogen (secondary N) is 1. The fourth-order valence-corrected chi connectivity index (χ4v) is 1.76. The van der Waals surface area contributed by atoms with Crippen LogP contribution < -0.4 is 0 Å². The summed E-state index contributed by atoms with van der Waals surface area (Å²) in [4.78, 5) is 6.99. The Balaban J connectivity index is 2.26. The van der Waals surface area contributed by atoms with E-state index in [1.54, 1.807) is 0 Å². The third-order valence-corrected chi connectivity index (χ3v) is 2.66. The van der Waals surface area contributed by atoms with E-state index in [2.05, 4.69) is 9.97 Å². The number of nitrogens with zero attached hydrogens (tertiary/aromatic N) is 1. The second-order valence-corrected chi connectivity index (χ2v) is 3.97. The Morgan fingerprint density at radius 3 is 2.81 bits per heavy atom. The van der Waals surface area contributed by atoms with Gasteiger partial charge in [0, 0.05) is 12.3 Å². The number of benzene rings is 1. The zero-order valence-corrected chi connectivity index (χ0v) is 9.32. The normalized spacial score (nSPS) is 11.2. The highest BCUT2D eigenvalue weighted by Gasteiger charge is 2.11. The van der Waals surface area contributed by atoms with Crippen molar-refractivity contribution < 1.29 is 8.78 Å². The van der Waals surface area contributed by atoms with E-state index in [1.165, 1.54) is 6.07 Å². The molecule has 5 heteroatoms. The number of rotatable bonds is 4. The van der Waals surface area contributed by atoms with Crippen molar-refractivity contribution in [3.05, 3.63) is 29.6 Å². The van der Waals surface area contributed by atoms with Crippen LogP contribution in [0.4, 0.5) is 8.78 Å². The van der Waals surface area contributed by atoms with Crippen molar-refractivity contribution in [2.24, 2.45) is 0 Å². The van der Waals surface area contributed by atoms with Gasteiger partial charge in [-0.2, -0.15) is 0 Å². The van der Waals surface area contributed by atoms with E-state index in [1.807, 2.05) is 0 Å². The number of imidazole rings is 1. The van der Waals surface area contributed by atoms with Crippen molar-refractivity contribution in [2.45, 2.75) is 19.3 Å². The minimum absolute atomic E-state index is 0.0703. The van der Waals surface area contributed by atoms with Crippen molar-refractivity contribution in [3.8, 4) is 0 Å². The summed E-state index contributed by atoms with van der Waals surface area (Å²) in [6, 6.07) is 2.59. The van der Waals surface area contributed by atoms with E-state index in [0.29, 0.717) is 23.6 Å². The molecule has 86 valence electrons. The first-order valence-corrected chi connectivity index (χ1v) is 5.64. The molecule has 2 aromatic rings. The quantitative estimate of drug-likeness (QED) is 0.648. The molecule has 0 saturated carbocycles. The van der Waals surface area contributed by atoms with Crippen LogP contribution in [0.2, 0.25) is 0 Å². The van der Waals surface area contributed by atoms with E-state index >= 15 is 0 Å². The largest absolute Gasteiger partial charge is 0.342 e. The summed E-state index contributed by atoms with van der Waals surface area (Å²) < 4.78 is 26.2. The van der Waals surface area contributed by atoms with Gasteiger partial charge in [0.25, 0.3) is 0 Å². The van der Waals surface area contributed by atoms with Gasteiger partial charge in [-0.25, -0.2) is 13.8 Å². The third kappa shape index (κ3) is 2.16. The highest BCUT2D eigenvalue weighted by molar-refractivity contribution is 6.17. The number of aromatic nitrogens is 2. The summed E-state index contributed by atoms with van der Waals surface area (Å²) in [7, 11) is 0. The van der Waals surface area contributed by atoms with Crippen LogP contribution in [-0.4, -0.2) is 15.8 Å². The zero-order valence-electron chi connectivity index (χ0n) is 8.56. The van der Waals surface area contributed by atoms with E-state index in [0.717, 1.165) is 18.9 Å². The number of aryl methyl sites for hydroxylation is 1. The van der Waals surface area contributed by atoms with Gasteiger partial charge in [0.05, 0.1) is 5.52 Å². The minimum Gasteiger partial charge on any atom is -0.342 e. The molecule has 1 heterocycles. The lowest BCUT2D eigenvalue weighted by Crippen LogP contribution is -1.88. The first-order chi connectivity index (χ1) is 7.72. The van der Waals surface area contributed by atoms with Crippen molar-refractivity contribution in [1.82, 2.24) is 9.97 Å². The maximum absolute atomic E-state index is 13.3. The fraction of sp³-hybridized carbons (Fsp3) is 0.364. The maximum Gasteiger partial charge on any atom is 0.186 e. The van der Waals surface area contributed by atoms with E-state index in [9.17, 15) is 8.78 Å². The van der Waals surface area contributed by atoms with Gasteiger partial charge in [-0.3, -0.25) is 0 Å². The predicted molar refractivity (Wildman–Crippen MR) is 59.7 cm³/mol. The molecule has 0 fully saturated rings. The molecule has 0 unspecified atom stereocenters. The molecular formula is C11H11ClF2N2. The number of fused-ring (bicyclic) bond motifs is 1. The minimum atomic E-state index is -0.891. The number of aromatic amines is 1. The van der Waals surface area contributed by atoms with E-state index in [-0.39, 0.29) is 5.52 Å². The number of alkyl halides is 1. The summed E-state index contributed by atoms with van der Waals surface area (Å²) in [5, 5.41) is 0. The number of H-pyrrole nitrogens is 1. The molecular weight excluding hydrogens is 234 g/mol. The van der Waals surface area contributed by atoms with Crippen LogP contribution in [0.1, 0.15) is 18.7 Å². The molecule has 0 aliphatic rings. The van der Waals surface area contributed by atoms with Gasteiger partial charge in [0.1, 0.15) is 11.3 Å². The Bertz CT molecular complexity index is 496. The number of unbranched alkanes of at least 4 members (excludes halogenated alkanes) is 1. The lowest BCUT2D eigenvalue weighted by molar-refractivity contribution is 0.515. The molecule has 16 heavy (non-hydrogen) atoms. The van der Waals surface area contributed by atoms with Crippen LogP contribution in [0, 0.1) is 11.6 Å². The SMILES string of the molecule is Fc1ccc2[nH]c(CCCCCl)nc2c1F. The maximum atomic E-state index is 13.3. The Kier molecular flexibility index (Phi) is 3.39. The monoisotopic (exact) mass is 244 g/mol. The summed E-state index contributed by atoms with van der Waals surface area (Å²) >= 11 is 5.55. The van der Waals surface area contributed by atoms with Gasteiger partial charge in [0.15, 0.2) is 11.6 Å². The molecule has 2 rings (SSSR count). The lowest BCUT2D eigenvalue weighted by atomic mass is 10.2. The molecule has 0 bridgehead atoms. The van der Waals surface area contributed by atoms with Crippen LogP contribution in [0.3, 0.4) is 0 Å². The Morgan fingerprint density at radius 1 is 1.25 bits per heavy atom. The van der Waals surface area contributed by atoms with Crippen molar-refractivity contribution in [2.75, 3.05) is 5.88 Å². The summed E-state index contributed by atoms with van der Waals surface area (Å²) in [5.41, 5.74) is 0.598. The summed E-state index contributed by atoms with van der Waals surface area (Å²) in [6.45, 7) is 0. The molecule has 0 atom stereocenters. The van der Waals surface area contributed by atoms with Crippen LogP contribution in [0.5, 0.6) is 0 Å². The van der Waals surface area contributed by atoms with E-state index < -0.39 is 11.6 Å². The number of hydrogen-bond donors (Lipinski definition) is 1. The molecule has 0 spiro atoms. The van der Waals surface area contributed by atoms with Crippen LogP contribution >= 0.6 is 11.6 Å². The second kappa shape index (κ2) is 4.78. The van der Waals surface area contributed by atoms with Crippen LogP contribution in [-0.2, 0) is 6.42 Å². The summed E-state index contributed by atoms with van der Waals surface area (Å²) in [6.07, 6.45) is 2.46. The summed E-state index contributed by atoms with van der Waals surface area (Å²) in [5.74, 6) is -0.489. The molecule has 0 amide bonds. The second-order valence-electron chi connectivity index (χ2n) is 3.59. The van der Waals surface area contributed by atoms with Gasteiger partial charge >= 0.3 is 0 Å². The van der Waals surface area contributed by atoms with Crippen LogP contribution in [0.15, 0.2) is 12.1 Å². The highest BCUT2D eigenvalue weighted by Crippen LogP contribution is 2.18. The van der Waals surface area contributed by atoms with Gasteiger partial charge in [0.2, 0.25) is 0 Å². The van der Waals surface area contributed by atoms with Gasteiger partial charge in [-0.15, -0.1) is 11.6 Å². The molecule has 1 N–H and O–H groups in total. The zero-order chi connectivity index (χ0) is 11.5. The Morgan fingerprint density at radius 2 is 2.06 bits per heavy atom. The highest BCUT2D eigenvalue weighted by atomic mass is 35.5. The molecule has 0 radical (unpaired) electrons. The average Bonchev–Trinajstić information content (AvgIpc) is 2.68. The van der Waals surface area contributed by atoms with Gasteiger partial charge in [-0.05, 0) is 25.0 Å². The van der Waals surface area contributed by atoms with Gasteiger partial charge < -0.3 is 4.98 Å².